The van der Waals surface area contributed by atoms with Gasteiger partial charge in [0.25, 0.3) is 0 Å². The molecule has 0 atom stereocenters. The highest BCUT2D eigenvalue weighted by atomic mass is 16.6. The van der Waals surface area contributed by atoms with E-state index in [4.69, 9.17) is 14.2 Å². The Bertz CT molecular complexity index is 1190. The third kappa shape index (κ3) is 5.49. The Morgan fingerprint density at radius 2 is 1.82 bits per heavy atom. The van der Waals surface area contributed by atoms with Crippen molar-refractivity contribution in [1.29, 1.82) is 0 Å². The van der Waals surface area contributed by atoms with Crippen molar-refractivity contribution in [2.24, 2.45) is 0 Å². The molecule has 0 saturated heterocycles. The number of amides is 1. The van der Waals surface area contributed by atoms with Gasteiger partial charge in [-0.2, -0.15) is 0 Å². The van der Waals surface area contributed by atoms with Crippen LogP contribution in [0.25, 0.3) is 10.9 Å². The first-order valence-electron chi connectivity index (χ1n) is 10.4. The zero-order valence-corrected chi connectivity index (χ0v) is 19.5. The van der Waals surface area contributed by atoms with Crippen molar-refractivity contribution < 1.29 is 28.6 Å². The van der Waals surface area contributed by atoms with Crippen LogP contribution in [0.1, 0.15) is 45.1 Å². The minimum absolute atomic E-state index is 0.0630. The Balaban J connectivity index is 1.98. The summed E-state index contributed by atoms with van der Waals surface area (Å²) >= 11 is 0. The largest absolute Gasteiger partial charge is 0.461 e. The number of ether oxygens (including phenoxy) is 3. The van der Waals surface area contributed by atoms with Crippen LogP contribution in [0.15, 0.2) is 42.6 Å². The van der Waals surface area contributed by atoms with E-state index < -0.39 is 17.7 Å². The van der Waals surface area contributed by atoms with E-state index in [1.807, 2.05) is 0 Å². The van der Waals surface area contributed by atoms with E-state index in [0.29, 0.717) is 28.2 Å². The van der Waals surface area contributed by atoms with E-state index >= 15 is 0 Å². The number of fused-ring (bicyclic) bond motifs is 1. The molecule has 174 valence electrons. The molecule has 0 aliphatic heterocycles. The van der Waals surface area contributed by atoms with Gasteiger partial charge in [-0.25, -0.2) is 19.1 Å². The van der Waals surface area contributed by atoms with Gasteiger partial charge in [-0.3, -0.25) is 4.79 Å². The summed E-state index contributed by atoms with van der Waals surface area (Å²) in [4.78, 5) is 42.6. The molecular formula is C24H27N3O6. The van der Waals surface area contributed by atoms with Crippen molar-refractivity contribution in [2.75, 3.05) is 18.6 Å². The molecule has 2 aromatic heterocycles. The van der Waals surface area contributed by atoms with Crippen LogP contribution in [0.5, 0.6) is 11.6 Å². The van der Waals surface area contributed by atoms with Crippen molar-refractivity contribution in [1.82, 2.24) is 9.55 Å². The number of rotatable bonds is 5. The molecule has 0 unspecified atom stereocenters. The molecule has 0 aliphatic rings. The monoisotopic (exact) mass is 453 g/mol. The van der Waals surface area contributed by atoms with Gasteiger partial charge in [0.05, 0.1) is 24.0 Å². The van der Waals surface area contributed by atoms with Crippen molar-refractivity contribution in [2.45, 2.75) is 40.2 Å². The fourth-order valence-corrected chi connectivity index (χ4v) is 3.04. The molecule has 0 fully saturated rings. The van der Waals surface area contributed by atoms with Crippen molar-refractivity contribution >= 4 is 34.6 Å². The number of aromatic nitrogens is 2. The Hall–Kier alpha value is -3.88. The lowest BCUT2D eigenvalue weighted by atomic mass is 10.2. The van der Waals surface area contributed by atoms with Crippen LogP contribution in [0.2, 0.25) is 0 Å². The molecule has 0 spiro atoms. The van der Waals surface area contributed by atoms with E-state index in [1.165, 1.54) is 22.6 Å². The van der Waals surface area contributed by atoms with Crippen LogP contribution in [-0.2, 0) is 14.3 Å². The highest BCUT2D eigenvalue weighted by Crippen LogP contribution is 2.29. The quantitative estimate of drug-likeness (QED) is 0.513. The smallest absolute Gasteiger partial charge is 0.419 e. The normalized spacial score (nSPS) is 11.2. The number of nitrogens with zero attached hydrogens (tertiary/aromatic N) is 3. The zero-order chi connectivity index (χ0) is 24.3. The van der Waals surface area contributed by atoms with E-state index in [9.17, 15) is 14.4 Å². The number of pyridine rings is 1. The topological polar surface area (TPSA) is 100.0 Å². The molecule has 9 heteroatoms. The van der Waals surface area contributed by atoms with Gasteiger partial charge in [0.15, 0.2) is 0 Å². The summed E-state index contributed by atoms with van der Waals surface area (Å²) in [5, 5.41) is 0.641. The van der Waals surface area contributed by atoms with Gasteiger partial charge >= 0.3 is 12.1 Å². The molecule has 0 radical (unpaired) electrons. The SMILES string of the molecule is CCOC(=O)c1cc2ccc(Oc3ccc(N(C)C(C)=O)cn3)cc2n1C(=O)OC(C)(C)C. The van der Waals surface area contributed by atoms with Gasteiger partial charge in [-0.05, 0) is 52.0 Å². The first-order valence-corrected chi connectivity index (χ1v) is 10.4. The summed E-state index contributed by atoms with van der Waals surface area (Å²) in [7, 11) is 1.65. The van der Waals surface area contributed by atoms with Gasteiger partial charge in [0, 0.05) is 31.5 Å². The molecule has 3 rings (SSSR count). The van der Waals surface area contributed by atoms with Crippen LogP contribution >= 0.6 is 0 Å². The van der Waals surface area contributed by atoms with Crippen LogP contribution < -0.4 is 9.64 Å². The molecule has 2 heterocycles. The molecule has 0 aliphatic carbocycles. The van der Waals surface area contributed by atoms with Gasteiger partial charge in [-0.1, -0.05) is 0 Å². The summed E-state index contributed by atoms with van der Waals surface area (Å²) in [5.74, 6) is -0.0397. The molecule has 0 saturated carbocycles. The maximum atomic E-state index is 12.9. The molecule has 0 N–H and O–H groups in total. The highest BCUT2D eigenvalue weighted by molar-refractivity contribution is 6.02. The summed E-state index contributed by atoms with van der Waals surface area (Å²) < 4.78 is 17.6. The van der Waals surface area contributed by atoms with Gasteiger partial charge in [-0.15, -0.1) is 0 Å². The number of hydrogen-bond acceptors (Lipinski definition) is 7. The molecule has 9 nitrogen and oxygen atoms in total. The number of carbonyl (C=O) groups excluding carboxylic acids is 3. The fourth-order valence-electron chi connectivity index (χ4n) is 3.04. The Labute approximate surface area is 191 Å². The van der Waals surface area contributed by atoms with E-state index in [-0.39, 0.29) is 18.2 Å². The Morgan fingerprint density at radius 3 is 2.39 bits per heavy atom. The second-order valence-electron chi connectivity index (χ2n) is 8.32. The number of hydrogen-bond donors (Lipinski definition) is 0. The molecule has 33 heavy (non-hydrogen) atoms. The van der Waals surface area contributed by atoms with Crippen LogP contribution in [0.4, 0.5) is 10.5 Å². The van der Waals surface area contributed by atoms with Crippen LogP contribution in [-0.4, -0.2) is 46.8 Å². The average molecular weight is 453 g/mol. The standard InChI is InChI=1S/C24H27N3O6/c1-7-31-22(29)20-12-16-8-10-18(13-19(16)27(20)23(30)33-24(3,4)5)32-21-11-9-17(14-25-21)26(6)15(2)28/h8-14H,7H2,1-6H3. The number of carbonyl (C=O) groups is 3. The maximum absolute atomic E-state index is 12.9. The second-order valence-corrected chi connectivity index (χ2v) is 8.32. The first-order chi connectivity index (χ1) is 15.5. The molecule has 0 bridgehead atoms. The summed E-state index contributed by atoms with van der Waals surface area (Å²) in [5.41, 5.74) is 0.362. The second kappa shape index (κ2) is 9.32. The van der Waals surface area contributed by atoms with Crippen LogP contribution in [0.3, 0.4) is 0 Å². The third-order valence-corrected chi connectivity index (χ3v) is 4.64. The number of benzene rings is 1. The molecule has 1 aromatic carbocycles. The Kier molecular flexibility index (Phi) is 6.71. The number of anilines is 1. The highest BCUT2D eigenvalue weighted by Gasteiger charge is 2.26. The Morgan fingerprint density at radius 1 is 1.09 bits per heavy atom. The lowest BCUT2D eigenvalue weighted by Gasteiger charge is -2.20. The minimum atomic E-state index is -0.758. The van der Waals surface area contributed by atoms with Gasteiger partial charge in [0.1, 0.15) is 17.0 Å². The fraction of sp³-hybridized carbons (Fsp3) is 0.333. The lowest BCUT2D eigenvalue weighted by Crippen LogP contribution is -2.29. The number of esters is 1. The predicted octanol–water partition coefficient (Wildman–Crippen LogP) is 4.77. The van der Waals surface area contributed by atoms with Crippen molar-refractivity contribution in [3.63, 3.8) is 0 Å². The third-order valence-electron chi connectivity index (χ3n) is 4.64. The van der Waals surface area contributed by atoms with E-state index in [2.05, 4.69) is 4.98 Å². The van der Waals surface area contributed by atoms with Crippen LogP contribution in [0, 0.1) is 0 Å². The molecule has 3 aromatic rings. The zero-order valence-electron chi connectivity index (χ0n) is 19.5. The molecular weight excluding hydrogens is 426 g/mol. The van der Waals surface area contributed by atoms with Crippen molar-refractivity contribution in [3.8, 4) is 11.6 Å². The summed E-state index contributed by atoms with van der Waals surface area (Å²) in [6.07, 6.45) is 0.824. The first kappa shape index (κ1) is 23.8. The molecule has 1 amide bonds. The summed E-state index contributed by atoms with van der Waals surface area (Å²) in [6, 6.07) is 9.98. The van der Waals surface area contributed by atoms with Gasteiger partial charge < -0.3 is 19.1 Å². The predicted molar refractivity (Wildman–Crippen MR) is 123 cm³/mol. The maximum Gasteiger partial charge on any atom is 0.419 e. The summed E-state index contributed by atoms with van der Waals surface area (Å²) in [6.45, 7) is 8.56. The van der Waals surface area contributed by atoms with E-state index in [0.717, 1.165) is 0 Å². The average Bonchev–Trinajstić information content (AvgIpc) is 3.12. The van der Waals surface area contributed by atoms with Gasteiger partial charge in [0.2, 0.25) is 11.8 Å². The minimum Gasteiger partial charge on any atom is -0.461 e. The lowest BCUT2D eigenvalue weighted by molar-refractivity contribution is -0.116. The van der Waals surface area contributed by atoms with E-state index in [1.54, 1.807) is 71.1 Å². The van der Waals surface area contributed by atoms with Crippen molar-refractivity contribution in [3.05, 3.63) is 48.3 Å².